The molecule has 4 N–H and O–H groups in total. The first-order valence-electron chi connectivity index (χ1n) is 5.87. The summed E-state index contributed by atoms with van der Waals surface area (Å²) in [7, 11) is 0. The fourth-order valence-corrected chi connectivity index (χ4v) is 2.00. The number of allylic oxidation sites excluding steroid dienone is 2. The second-order valence-corrected chi connectivity index (χ2v) is 4.23. The van der Waals surface area contributed by atoms with Crippen molar-refractivity contribution >= 4 is 11.8 Å². The van der Waals surface area contributed by atoms with Gasteiger partial charge in [0.25, 0.3) is 0 Å². The minimum absolute atomic E-state index is 0.195. The second kappa shape index (κ2) is 5.53. The molecule has 100 valence electrons. The number of nitrogens with zero attached hydrogens (tertiary/aromatic N) is 1. The number of nitrogens with one attached hydrogen (secondary N) is 2. The highest BCUT2D eigenvalue weighted by Crippen LogP contribution is 2.31. The van der Waals surface area contributed by atoms with Gasteiger partial charge in [-0.15, -0.1) is 0 Å². The van der Waals surface area contributed by atoms with E-state index in [-0.39, 0.29) is 5.92 Å². The molecule has 0 saturated heterocycles. The largest absolute Gasteiger partial charge is 0.426 e. The lowest BCUT2D eigenvalue weighted by atomic mass is 9.91. The summed E-state index contributed by atoms with van der Waals surface area (Å²) >= 11 is 0. The highest BCUT2D eigenvalue weighted by atomic mass is 16.6. The Kier molecular flexibility index (Phi) is 3.82. The Labute approximate surface area is 111 Å². The number of hydrogen-bond acceptors (Lipinski definition) is 5. The quantitative estimate of drug-likeness (QED) is 0.428. The lowest BCUT2D eigenvalue weighted by Crippen LogP contribution is -2.34. The molecule has 1 atom stereocenters. The zero-order valence-electron chi connectivity index (χ0n) is 10.8. The van der Waals surface area contributed by atoms with Crippen molar-refractivity contribution in [1.82, 2.24) is 10.9 Å². The molecule has 1 aromatic carbocycles. The Bertz CT molecular complexity index is 537. The van der Waals surface area contributed by atoms with Crippen molar-refractivity contribution in [1.29, 1.82) is 0 Å². The first kappa shape index (κ1) is 13.1. The van der Waals surface area contributed by atoms with E-state index in [1.54, 1.807) is 6.92 Å². The van der Waals surface area contributed by atoms with Crippen LogP contribution in [0.2, 0.25) is 0 Å². The van der Waals surface area contributed by atoms with E-state index in [0.717, 1.165) is 11.3 Å². The molecule has 0 spiro atoms. The Morgan fingerprint density at radius 1 is 1.37 bits per heavy atom. The van der Waals surface area contributed by atoms with Gasteiger partial charge in [0.05, 0.1) is 17.3 Å². The number of ether oxygens (including phenoxy) is 1. The summed E-state index contributed by atoms with van der Waals surface area (Å²) in [5.41, 5.74) is 7.29. The molecule has 1 aliphatic heterocycles. The average molecular weight is 260 g/mol. The SMILES string of the molecule is CC1=NNC(C)=C(OC(=O)NN)C1c1ccccc1. The van der Waals surface area contributed by atoms with E-state index in [2.05, 4.69) is 10.5 Å². The van der Waals surface area contributed by atoms with Crippen molar-refractivity contribution in [3.05, 3.63) is 47.4 Å². The molecule has 0 fully saturated rings. The van der Waals surface area contributed by atoms with Gasteiger partial charge in [0.1, 0.15) is 5.76 Å². The van der Waals surface area contributed by atoms with E-state index in [9.17, 15) is 4.79 Å². The topological polar surface area (TPSA) is 88.7 Å². The highest BCUT2D eigenvalue weighted by molar-refractivity contribution is 5.92. The van der Waals surface area contributed by atoms with Gasteiger partial charge in [0, 0.05) is 0 Å². The molecule has 1 heterocycles. The normalized spacial score (nSPS) is 18.5. The molecule has 0 radical (unpaired) electrons. The number of amides is 1. The Balaban J connectivity index is 2.38. The zero-order chi connectivity index (χ0) is 13.8. The van der Waals surface area contributed by atoms with E-state index in [4.69, 9.17) is 10.6 Å². The molecule has 1 unspecified atom stereocenters. The van der Waals surface area contributed by atoms with Crippen molar-refractivity contribution < 1.29 is 9.53 Å². The fourth-order valence-electron chi connectivity index (χ4n) is 2.00. The summed E-state index contributed by atoms with van der Waals surface area (Å²) < 4.78 is 5.25. The van der Waals surface area contributed by atoms with Crippen LogP contribution in [0.4, 0.5) is 4.79 Å². The molecule has 0 aromatic heterocycles. The van der Waals surface area contributed by atoms with Gasteiger partial charge in [-0.1, -0.05) is 30.3 Å². The summed E-state index contributed by atoms with van der Waals surface area (Å²) in [6, 6.07) is 9.72. The van der Waals surface area contributed by atoms with Gasteiger partial charge in [-0.05, 0) is 19.4 Å². The monoisotopic (exact) mass is 260 g/mol. The molecule has 1 aliphatic rings. The summed E-state index contributed by atoms with van der Waals surface area (Å²) in [6.07, 6.45) is -0.702. The van der Waals surface area contributed by atoms with Crippen molar-refractivity contribution in [2.24, 2.45) is 10.9 Å². The maximum atomic E-state index is 11.3. The van der Waals surface area contributed by atoms with Crippen LogP contribution in [-0.2, 0) is 4.74 Å². The van der Waals surface area contributed by atoms with Gasteiger partial charge in [0.2, 0.25) is 0 Å². The average Bonchev–Trinajstić information content (AvgIpc) is 2.44. The van der Waals surface area contributed by atoms with E-state index >= 15 is 0 Å². The van der Waals surface area contributed by atoms with Gasteiger partial charge in [-0.3, -0.25) is 10.9 Å². The summed E-state index contributed by atoms with van der Waals surface area (Å²) in [5, 5.41) is 4.22. The molecule has 6 nitrogen and oxygen atoms in total. The molecular weight excluding hydrogens is 244 g/mol. The maximum Gasteiger partial charge on any atom is 0.426 e. The van der Waals surface area contributed by atoms with Crippen molar-refractivity contribution in [3.8, 4) is 0 Å². The predicted octanol–water partition coefficient (Wildman–Crippen LogP) is 1.58. The van der Waals surface area contributed by atoms with Crippen LogP contribution in [0.3, 0.4) is 0 Å². The molecular formula is C13H16N4O2. The third-order valence-electron chi connectivity index (χ3n) is 2.90. The summed E-state index contributed by atoms with van der Waals surface area (Å²) in [5.74, 6) is 5.36. The first-order chi connectivity index (χ1) is 9.13. The predicted molar refractivity (Wildman–Crippen MR) is 71.9 cm³/mol. The lowest BCUT2D eigenvalue weighted by molar-refractivity contribution is 0.170. The minimum atomic E-state index is -0.702. The second-order valence-electron chi connectivity index (χ2n) is 4.23. The van der Waals surface area contributed by atoms with E-state index < -0.39 is 6.09 Å². The Morgan fingerprint density at radius 3 is 2.68 bits per heavy atom. The number of carbonyl (C=O) groups excluding carboxylic acids is 1. The summed E-state index contributed by atoms with van der Waals surface area (Å²) in [6.45, 7) is 3.67. The smallest absolute Gasteiger partial charge is 0.411 e. The number of benzene rings is 1. The number of rotatable bonds is 2. The number of hydrazone groups is 1. The van der Waals surface area contributed by atoms with Crippen LogP contribution in [0.1, 0.15) is 25.3 Å². The van der Waals surface area contributed by atoms with Gasteiger partial charge >= 0.3 is 6.09 Å². The summed E-state index contributed by atoms with van der Waals surface area (Å²) in [4.78, 5) is 11.3. The third kappa shape index (κ3) is 2.74. The molecule has 1 amide bonds. The Morgan fingerprint density at radius 2 is 2.05 bits per heavy atom. The first-order valence-corrected chi connectivity index (χ1v) is 5.87. The molecule has 6 heteroatoms. The van der Waals surface area contributed by atoms with Crippen LogP contribution < -0.4 is 16.7 Å². The lowest BCUT2D eigenvalue weighted by Gasteiger charge is -2.25. The maximum absolute atomic E-state index is 11.3. The van der Waals surface area contributed by atoms with Crippen molar-refractivity contribution in [3.63, 3.8) is 0 Å². The van der Waals surface area contributed by atoms with Gasteiger partial charge in [-0.25, -0.2) is 10.6 Å². The van der Waals surface area contributed by atoms with Crippen LogP contribution in [0, 0.1) is 0 Å². The van der Waals surface area contributed by atoms with Gasteiger partial charge in [0.15, 0.2) is 0 Å². The van der Waals surface area contributed by atoms with Crippen LogP contribution in [0.5, 0.6) is 0 Å². The number of carbonyl (C=O) groups is 1. The number of hydrogen-bond donors (Lipinski definition) is 3. The number of hydrazine groups is 1. The Hall–Kier alpha value is -2.34. The molecule has 2 rings (SSSR count). The van der Waals surface area contributed by atoms with Crippen LogP contribution in [0.15, 0.2) is 46.9 Å². The molecule has 0 bridgehead atoms. The van der Waals surface area contributed by atoms with Crippen LogP contribution in [-0.4, -0.2) is 11.8 Å². The molecule has 19 heavy (non-hydrogen) atoms. The standard InChI is InChI=1S/C13H16N4O2/c1-8-11(10-6-4-3-5-7-10)12(9(2)17-16-8)19-13(18)15-14/h3-7,11,17H,14H2,1-2H3,(H,15,18). The minimum Gasteiger partial charge on any atom is -0.411 e. The van der Waals surface area contributed by atoms with Gasteiger partial charge < -0.3 is 4.74 Å². The van der Waals surface area contributed by atoms with Gasteiger partial charge in [-0.2, -0.15) is 5.10 Å². The van der Waals surface area contributed by atoms with Crippen LogP contribution >= 0.6 is 0 Å². The van der Waals surface area contributed by atoms with E-state index in [0.29, 0.717) is 11.5 Å². The molecule has 1 aromatic rings. The van der Waals surface area contributed by atoms with Crippen molar-refractivity contribution in [2.75, 3.05) is 0 Å². The van der Waals surface area contributed by atoms with Crippen molar-refractivity contribution in [2.45, 2.75) is 19.8 Å². The van der Waals surface area contributed by atoms with E-state index in [1.807, 2.05) is 42.7 Å². The van der Waals surface area contributed by atoms with Crippen LogP contribution in [0.25, 0.3) is 0 Å². The number of nitrogens with two attached hydrogens (primary N) is 1. The third-order valence-corrected chi connectivity index (χ3v) is 2.90. The van der Waals surface area contributed by atoms with E-state index in [1.165, 1.54) is 0 Å². The fraction of sp³-hybridized carbons (Fsp3) is 0.231. The zero-order valence-corrected chi connectivity index (χ0v) is 10.8. The molecule has 0 saturated carbocycles. The highest BCUT2D eigenvalue weighted by Gasteiger charge is 2.28. The molecule has 0 aliphatic carbocycles.